The van der Waals surface area contributed by atoms with Gasteiger partial charge in [0.2, 0.25) is 5.95 Å². The zero-order valence-electron chi connectivity index (χ0n) is 15.7. The second-order valence-electron chi connectivity index (χ2n) is 6.93. The van der Waals surface area contributed by atoms with E-state index in [4.69, 9.17) is 5.73 Å². The number of para-hydroxylation sites is 1. The van der Waals surface area contributed by atoms with Crippen LogP contribution in [0.1, 0.15) is 17.0 Å². The standard InChI is InChI=1S/C20H20F2N6/c1-12-6-7-14(21)10-13(12)11-27(2)9-8-17-24-19-15-4-3-5-16(22)18(15)25-20(23)28(19)26-17/h3-7,10H,8-9,11H2,1-2H3,(H2,23,25). The van der Waals surface area contributed by atoms with E-state index in [0.29, 0.717) is 36.4 Å². The summed E-state index contributed by atoms with van der Waals surface area (Å²) in [6.45, 7) is 3.26. The number of aryl methyl sites for hydroxylation is 1. The quantitative estimate of drug-likeness (QED) is 0.574. The van der Waals surface area contributed by atoms with Crippen molar-refractivity contribution < 1.29 is 8.78 Å². The van der Waals surface area contributed by atoms with Gasteiger partial charge in [0, 0.05) is 24.9 Å². The number of nitrogen functional groups attached to an aromatic ring is 1. The monoisotopic (exact) mass is 382 g/mol. The average Bonchev–Trinajstić information content (AvgIpc) is 3.09. The number of hydrogen-bond donors (Lipinski definition) is 1. The number of anilines is 1. The molecule has 0 spiro atoms. The summed E-state index contributed by atoms with van der Waals surface area (Å²) in [7, 11) is 1.96. The molecule has 6 nitrogen and oxygen atoms in total. The molecular formula is C20H20F2N6. The number of halogens is 2. The zero-order valence-corrected chi connectivity index (χ0v) is 15.7. The average molecular weight is 382 g/mol. The lowest BCUT2D eigenvalue weighted by Crippen LogP contribution is -2.21. The van der Waals surface area contributed by atoms with Crippen LogP contribution in [0, 0.1) is 18.6 Å². The molecule has 2 N–H and O–H groups in total. The van der Waals surface area contributed by atoms with Gasteiger partial charge in [0.25, 0.3) is 0 Å². The first kappa shape index (κ1) is 18.2. The molecule has 28 heavy (non-hydrogen) atoms. The highest BCUT2D eigenvalue weighted by atomic mass is 19.1. The minimum Gasteiger partial charge on any atom is -0.368 e. The highest BCUT2D eigenvalue weighted by Crippen LogP contribution is 2.22. The Morgan fingerprint density at radius 3 is 2.79 bits per heavy atom. The van der Waals surface area contributed by atoms with Gasteiger partial charge >= 0.3 is 0 Å². The molecule has 144 valence electrons. The van der Waals surface area contributed by atoms with Crippen LogP contribution in [-0.4, -0.2) is 38.1 Å². The Bertz CT molecular complexity index is 1170. The molecule has 0 atom stereocenters. The SMILES string of the molecule is Cc1ccc(F)cc1CN(C)CCc1nc2c3cccc(F)c3nc(N)n2n1. The fourth-order valence-electron chi connectivity index (χ4n) is 3.24. The summed E-state index contributed by atoms with van der Waals surface area (Å²) in [5, 5.41) is 4.98. The zero-order chi connectivity index (χ0) is 19.8. The molecule has 2 heterocycles. The maximum Gasteiger partial charge on any atom is 0.223 e. The van der Waals surface area contributed by atoms with Gasteiger partial charge < -0.3 is 10.6 Å². The molecule has 0 aliphatic heterocycles. The maximum absolute atomic E-state index is 14.0. The predicted molar refractivity (Wildman–Crippen MR) is 104 cm³/mol. The molecule has 0 bridgehead atoms. The highest BCUT2D eigenvalue weighted by molar-refractivity contribution is 5.92. The molecule has 0 amide bonds. The molecule has 8 heteroatoms. The maximum atomic E-state index is 14.0. The molecule has 2 aromatic carbocycles. The van der Waals surface area contributed by atoms with Gasteiger partial charge in [0.15, 0.2) is 11.5 Å². The van der Waals surface area contributed by atoms with Crippen LogP contribution in [0.4, 0.5) is 14.7 Å². The highest BCUT2D eigenvalue weighted by Gasteiger charge is 2.14. The third-order valence-corrected chi connectivity index (χ3v) is 4.79. The van der Waals surface area contributed by atoms with Crippen LogP contribution in [0.5, 0.6) is 0 Å². The van der Waals surface area contributed by atoms with E-state index in [1.807, 2.05) is 14.0 Å². The van der Waals surface area contributed by atoms with Gasteiger partial charge in [-0.2, -0.15) is 4.52 Å². The van der Waals surface area contributed by atoms with Crippen molar-refractivity contribution in [1.29, 1.82) is 0 Å². The summed E-state index contributed by atoms with van der Waals surface area (Å²) in [5.74, 6) is 0.00251. The van der Waals surface area contributed by atoms with Gasteiger partial charge in [-0.25, -0.2) is 18.7 Å². The largest absolute Gasteiger partial charge is 0.368 e. The topological polar surface area (TPSA) is 72.3 Å². The van der Waals surface area contributed by atoms with Crippen molar-refractivity contribution in [3.63, 3.8) is 0 Å². The lowest BCUT2D eigenvalue weighted by molar-refractivity contribution is 0.327. The van der Waals surface area contributed by atoms with Gasteiger partial charge in [-0.15, -0.1) is 5.10 Å². The number of benzene rings is 2. The summed E-state index contributed by atoms with van der Waals surface area (Å²) in [5.41, 5.74) is 8.59. The lowest BCUT2D eigenvalue weighted by Gasteiger charge is -2.17. The number of hydrogen-bond acceptors (Lipinski definition) is 5. The third kappa shape index (κ3) is 3.38. The molecular weight excluding hydrogens is 362 g/mol. The predicted octanol–water partition coefficient (Wildman–Crippen LogP) is 3.12. The lowest BCUT2D eigenvalue weighted by atomic mass is 10.1. The van der Waals surface area contributed by atoms with Gasteiger partial charge in [-0.1, -0.05) is 12.1 Å². The van der Waals surface area contributed by atoms with Gasteiger partial charge in [-0.05, 0) is 49.4 Å². The van der Waals surface area contributed by atoms with Crippen molar-refractivity contribution in [3.05, 3.63) is 65.0 Å². The Morgan fingerprint density at radius 2 is 1.96 bits per heavy atom. The number of nitrogens with zero attached hydrogens (tertiary/aromatic N) is 5. The summed E-state index contributed by atoms with van der Waals surface area (Å²) < 4.78 is 28.9. The third-order valence-electron chi connectivity index (χ3n) is 4.79. The smallest absolute Gasteiger partial charge is 0.223 e. The Kier molecular flexibility index (Phi) is 4.64. The van der Waals surface area contributed by atoms with Crippen LogP contribution in [0.2, 0.25) is 0 Å². The second kappa shape index (κ2) is 7.12. The summed E-state index contributed by atoms with van der Waals surface area (Å²) >= 11 is 0. The van der Waals surface area contributed by atoms with Crippen LogP contribution in [0.3, 0.4) is 0 Å². The molecule has 0 fully saturated rings. The van der Waals surface area contributed by atoms with Crippen LogP contribution in [-0.2, 0) is 13.0 Å². The van der Waals surface area contributed by atoms with Crippen LogP contribution in [0.15, 0.2) is 36.4 Å². The Morgan fingerprint density at radius 1 is 1.14 bits per heavy atom. The van der Waals surface area contributed by atoms with Crippen molar-refractivity contribution in [1.82, 2.24) is 24.5 Å². The molecule has 0 radical (unpaired) electrons. The summed E-state index contributed by atoms with van der Waals surface area (Å²) in [4.78, 5) is 10.7. The normalized spacial score (nSPS) is 11.8. The molecule has 0 saturated heterocycles. The number of rotatable bonds is 5. The Balaban J connectivity index is 1.55. The molecule has 0 aliphatic rings. The van der Waals surface area contributed by atoms with E-state index < -0.39 is 5.82 Å². The number of nitrogens with two attached hydrogens (primary N) is 1. The van der Waals surface area contributed by atoms with E-state index in [-0.39, 0.29) is 17.3 Å². The molecule has 4 aromatic rings. The van der Waals surface area contributed by atoms with Crippen molar-refractivity contribution in [2.75, 3.05) is 19.3 Å². The van der Waals surface area contributed by atoms with Crippen molar-refractivity contribution in [2.45, 2.75) is 19.9 Å². The fourth-order valence-corrected chi connectivity index (χ4v) is 3.24. The minimum atomic E-state index is -0.443. The van der Waals surface area contributed by atoms with E-state index in [2.05, 4.69) is 20.0 Å². The van der Waals surface area contributed by atoms with E-state index >= 15 is 0 Å². The first-order valence-electron chi connectivity index (χ1n) is 8.95. The first-order chi connectivity index (χ1) is 13.4. The van der Waals surface area contributed by atoms with Crippen LogP contribution in [0.25, 0.3) is 16.6 Å². The number of aromatic nitrogens is 4. The van der Waals surface area contributed by atoms with Crippen LogP contribution >= 0.6 is 0 Å². The molecule has 0 aliphatic carbocycles. The minimum absolute atomic E-state index is 0.0927. The molecule has 0 unspecified atom stereocenters. The van der Waals surface area contributed by atoms with E-state index in [1.54, 1.807) is 24.3 Å². The van der Waals surface area contributed by atoms with Gasteiger partial charge in [-0.3, -0.25) is 0 Å². The Labute approximate surface area is 160 Å². The van der Waals surface area contributed by atoms with Crippen molar-refractivity contribution >= 4 is 22.5 Å². The first-order valence-corrected chi connectivity index (χ1v) is 8.95. The van der Waals surface area contributed by atoms with E-state index in [1.165, 1.54) is 16.6 Å². The molecule has 4 rings (SSSR count). The van der Waals surface area contributed by atoms with Crippen molar-refractivity contribution in [2.24, 2.45) is 0 Å². The van der Waals surface area contributed by atoms with Gasteiger partial charge in [0.1, 0.15) is 17.2 Å². The van der Waals surface area contributed by atoms with Gasteiger partial charge in [0.05, 0.1) is 0 Å². The fraction of sp³-hybridized carbons (Fsp3) is 0.250. The molecule has 0 saturated carbocycles. The summed E-state index contributed by atoms with van der Waals surface area (Å²) in [6.07, 6.45) is 0.572. The molecule has 2 aromatic heterocycles. The number of likely N-dealkylation sites (N-methyl/N-ethyl adjacent to an activating group) is 1. The number of fused-ring (bicyclic) bond motifs is 3. The van der Waals surface area contributed by atoms with E-state index in [9.17, 15) is 8.78 Å². The van der Waals surface area contributed by atoms with Crippen molar-refractivity contribution in [3.8, 4) is 0 Å². The Hall–Kier alpha value is -3.13. The second-order valence-corrected chi connectivity index (χ2v) is 6.93. The van der Waals surface area contributed by atoms with Crippen LogP contribution < -0.4 is 5.73 Å². The van der Waals surface area contributed by atoms with E-state index in [0.717, 1.165) is 11.1 Å². The summed E-state index contributed by atoms with van der Waals surface area (Å²) in [6, 6.07) is 9.50.